The maximum atomic E-state index is 13.8. The van der Waals surface area contributed by atoms with Crippen LogP contribution in [0.5, 0.6) is 17.2 Å². The van der Waals surface area contributed by atoms with Crippen molar-refractivity contribution in [2.24, 2.45) is 0 Å². The van der Waals surface area contributed by atoms with Gasteiger partial charge < -0.3 is 19.5 Å². The van der Waals surface area contributed by atoms with Gasteiger partial charge in [0.1, 0.15) is 18.2 Å². The van der Waals surface area contributed by atoms with Crippen LogP contribution in [0, 0.1) is 5.82 Å². The highest BCUT2D eigenvalue weighted by atomic mass is 19.1. The Morgan fingerprint density at radius 1 is 0.893 bits per heavy atom. The first-order chi connectivity index (χ1) is 13.6. The van der Waals surface area contributed by atoms with Crippen LogP contribution >= 0.6 is 0 Å². The SMILES string of the molecule is COc1ccc(C(=O)Nc2ccccc2F)cc1COc1ccccc1OC. The average Bonchev–Trinajstić information content (AvgIpc) is 2.73. The first kappa shape index (κ1) is 19.2. The highest BCUT2D eigenvalue weighted by molar-refractivity contribution is 6.04. The molecule has 5 nitrogen and oxygen atoms in total. The van der Waals surface area contributed by atoms with E-state index in [1.807, 2.05) is 12.1 Å². The van der Waals surface area contributed by atoms with Gasteiger partial charge in [0.2, 0.25) is 0 Å². The van der Waals surface area contributed by atoms with Crippen LogP contribution in [0.1, 0.15) is 15.9 Å². The molecule has 0 spiro atoms. The molecule has 0 bridgehead atoms. The van der Waals surface area contributed by atoms with Gasteiger partial charge in [0.25, 0.3) is 5.91 Å². The molecule has 0 aliphatic carbocycles. The van der Waals surface area contributed by atoms with Crippen molar-refractivity contribution in [3.05, 3.63) is 83.7 Å². The highest BCUT2D eigenvalue weighted by Gasteiger charge is 2.13. The van der Waals surface area contributed by atoms with Crippen molar-refractivity contribution in [3.8, 4) is 17.2 Å². The summed E-state index contributed by atoms with van der Waals surface area (Å²) in [6.45, 7) is 0.171. The molecule has 144 valence electrons. The molecule has 0 heterocycles. The minimum atomic E-state index is -0.496. The topological polar surface area (TPSA) is 56.8 Å². The van der Waals surface area contributed by atoms with E-state index < -0.39 is 11.7 Å². The maximum absolute atomic E-state index is 13.8. The fraction of sp³-hybridized carbons (Fsp3) is 0.136. The van der Waals surface area contributed by atoms with Crippen LogP contribution < -0.4 is 19.5 Å². The molecule has 0 saturated heterocycles. The second-order valence-electron chi connectivity index (χ2n) is 5.90. The Balaban J connectivity index is 1.79. The van der Waals surface area contributed by atoms with E-state index in [2.05, 4.69) is 5.32 Å². The highest BCUT2D eigenvalue weighted by Crippen LogP contribution is 2.28. The molecule has 1 N–H and O–H groups in total. The molecular weight excluding hydrogens is 361 g/mol. The largest absolute Gasteiger partial charge is 0.496 e. The van der Waals surface area contributed by atoms with Crippen molar-refractivity contribution >= 4 is 11.6 Å². The number of benzene rings is 3. The minimum Gasteiger partial charge on any atom is -0.496 e. The molecule has 0 aromatic heterocycles. The molecule has 0 radical (unpaired) electrons. The van der Waals surface area contributed by atoms with Crippen LogP contribution in [-0.2, 0) is 6.61 Å². The Kier molecular flexibility index (Phi) is 6.11. The second-order valence-corrected chi connectivity index (χ2v) is 5.90. The van der Waals surface area contributed by atoms with E-state index in [1.165, 1.54) is 12.1 Å². The lowest BCUT2D eigenvalue weighted by Crippen LogP contribution is -2.13. The summed E-state index contributed by atoms with van der Waals surface area (Å²) < 4.78 is 30.2. The van der Waals surface area contributed by atoms with Crippen LogP contribution in [0.4, 0.5) is 10.1 Å². The monoisotopic (exact) mass is 381 g/mol. The zero-order chi connectivity index (χ0) is 19.9. The lowest BCUT2D eigenvalue weighted by Gasteiger charge is -2.14. The predicted molar refractivity (Wildman–Crippen MR) is 105 cm³/mol. The van der Waals surface area contributed by atoms with Gasteiger partial charge in [0.15, 0.2) is 11.5 Å². The molecule has 0 atom stereocenters. The summed E-state index contributed by atoms with van der Waals surface area (Å²) in [6.07, 6.45) is 0. The number of hydrogen-bond donors (Lipinski definition) is 1. The summed E-state index contributed by atoms with van der Waals surface area (Å²) in [6, 6.07) is 18.2. The number of ether oxygens (including phenoxy) is 3. The van der Waals surface area contributed by atoms with Gasteiger partial charge in [-0.15, -0.1) is 0 Å². The molecule has 1 amide bonds. The van der Waals surface area contributed by atoms with Crippen molar-refractivity contribution in [1.29, 1.82) is 0 Å². The van der Waals surface area contributed by atoms with E-state index in [1.54, 1.807) is 56.7 Å². The molecular formula is C22H20FNO4. The predicted octanol–water partition coefficient (Wildman–Crippen LogP) is 4.67. The lowest BCUT2D eigenvalue weighted by atomic mass is 10.1. The van der Waals surface area contributed by atoms with E-state index in [0.717, 1.165) is 0 Å². The van der Waals surface area contributed by atoms with Crippen LogP contribution in [0.25, 0.3) is 0 Å². The third kappa shape index (κ3) is 4.40. The summed E-state index contributed by atoms with van der Waals surface area (Å²) in [5.74, 6) is 0.843. The lowest BCUT2D eigenvalue weighted by molar-refractivity contribution is 0.102. The van der Waals surface area contributed by atoms with E-state index >= 15 is 0 Å². The van der Waals surface area contributed by atoms with Crippen molar-refractivity contribution in [2.45, 2.75) is 6.61 Å². The third-order valence-electron chi connectivity index (χ3n) is 4.12. The zero-order valence-electron chi connectivity index (χ0n) is 15.6. The van der Waals surface area contributed by atoms with Crippen molar-refractivity contribution < 1.29 is 23.4 Å². The molecule has 0 unspecified atom stereocenters. The number of hydrogen-bond acceptors (Lipinski definition) is 4. The number of para-hydroxylation sites is 3. The molecule has 3 rings (SSSR count). The summed E-state index contributed by atoms with van der Waals surface area (Å²) in [5, 5.41) is 2.57. The normalized spacial score (nSPS) is 10.2. The van der Waals surface area contributed by atoms with Gasteiger partial charge in [-0.1, -0.05) is 24.3 Å². The number of rotatable bonds is 7. The van der Waals surface area contributed by atoms with Crippen molar-refractivity contribution in [3.63, 3.8) is 0 Å². The molecule has 28 heavy (non-hydrogen) atoms. The second kappa shape index (κ2) is 8.90. The minimum absolute atomic E-state index is 0.120. The third-order valence-corrected chi connectivity index (χ3v) is 4.12. The molecule has 0 aliphatic rings. The molecule has 0 fully saturated rings. The van der Waals surface area contributed by atoms with Gasteiger partial charge in [0.05, 0.1) is 19.9 Å². The number of carbonyl (C=O) groups excluding carboxylic acids is 1. The number of methoxy groups -OCH3 is 2. The molecule has 3 aromatic carbocycles. The number of halogens is 1. The number of anilines is 1. The van der Waals surface area contributed by atoms with Crippen LogP contribution in [-0.4, -0.2) is 20.1 Å². The van der Waals surface area contributed by atoms with E-state index in [4.69, 9.17) is 14.2 Å². The zero-order valence-corrected chi connectivity index (χ0v) is 15.6. The smallest absolute Gasteiger partial charge is 0.255 e. The fourth-order valence-electron chi connectivity index (χ4n) is 2.68. The van der Waals surface area contributed by atoms with Gasteiger partial charge in [-0.2, -0.15) is 0 Å². The van der Waals surface area contributed by atoms with E-state index in [0.29, 0.717) is 28.4 Å². The summed E-state index contributed by atoms with van der Waals surface area (Å²) in [7, 11) is 3.11. The van der Waals surface area contributed by atoms with Crippen molar-refractivity contribution in [2.75, 3.05) is 19.5 Å². The van der Waals surface area contributed by atoms with Crippen molar-refractivity contribution in [1.82, 2.24) is 0 Å². The Morgan fingerprint density at radius 3 is 2.29 bits per heavy atom. The van der Waals surface area contributed by atoms with Gasteiger partial charge >= 0.3 is 0 Å². The van der Waals surface area contributed by atoms with Gasteiger partial charge in [0, 0.05) is 11.1 Å². The Labute approximate surface area is 162 Å². The summed E-state index contributed by atoms with van der Waals surface area (Å²) in [4.78, 5) is 12.5. The van der Waals surface area contributed by atoms with E-state index in [-0.39, 0.29) is 12.3 Å². The fourth-order valence-corrected chi connectivity index (χ4v) is 2.68. The quantitative estimate of drug-likeness (QED) is 0.646. The maximum Gasteiger partial charge on any atom is 0.255 e. The Bertz CT molecular complexity index is 974. The Morgan fingerprint density at radius 2 is 1.57 bits per heavy atom. The van der Waals surface area contributed by atoms with Gasteiger partial charge in [-0.05, 0) is 42.5 Å². The van der Waals surface area contributed by atoms with E-state index in [9.17, 15) is 9.18 Å². The van der Waals surface area contributed by atoms with Gasteiger partial charge in [-0.25, -0.2) is 4.39 Å². The first-order valence-corrected chi connectivity index (χ1v) is 8.61. The van der Waals surface area contributed by atoms with Crippen LogP contribution in [0.2, 0.25) is 0 Å². The average molecular weight is 381 g/mol. The summed E-state index contributed by atoms with van der Waals surface area (Å²) >= 11 is 0. The number of carbonyl (C=O) groups is 1. The molecule has 0 saturated carbocycles. The molecule has 3 aromatic rings. The molecule has 6 heteroatoms. The number of amides is 1. The molecule has 0 aliphatic heterocycles. The summed E-state index contributed by atoms with van der Waals surface area (Å²) in [5.41, 5.74) is 1.16. The van der Waals surface area contributed by atoms with Crippen LogP contribution in [0.3, 0.4) is 0 Å². The standard InChI is InChI=1S/C22H20FNO4/c1-26-19-12-11-15(22(25)24-18-8-4-3-7-17(18)23)13-16(19)14-28-21-10-6-5-9-20(21)27-2/h3-13H,14H2,1-2H3,(H,24,25). The number of nitrogens with one attached hydrogen (secondary N) is 1. The van der Waals surface area contributed by atoms with Crippen LogP contribution in [0.15, 0.2) is 66.7 Å². The Hall–Kier alpha value is -3.54. The first-order valence-electron chi connectivity index (χ1n) is 8.61. The van der Waals surface area contributed by atoms with Gasteiger partial charge in [-0.3, -0.25) is 4.79 Å².